The highest BCUT2D eigenvalue weighted by atomic mass is 16.1. The molecule has 0 fully saturated rings. The zero-order chi connectivity index (χ0) is 15.8. The molecule has 0 aliphatic heterocycles. The topological polar surface area (TPSA) is 46.9 Å². The first-order valence-corrected chi connectivity index (χ1v) is 8.10. The van der Waals surface area contributed by atoms with E-state index in [0.29, 0.717) is 6.54 Å². The van der Waals surface area contributed by atoms with E-state index in [0.717, 1.165) is 24.3 Å². The lowest BCUT2D eigenvalue weighted by atomic mass is 10.2. The number of para-hydroxylation sites is 2. The number of aryl methyl sites for hydroxylation is 1. The normalized spacial score (nSPS) is 10.8. The van der Waals surface area contributed by atoms with Crippen LogP contribution in [0.15, 0.2) is 36.9 Å². The Bertz CT molecular complexity index is 630. The van der Waals surface area contributed by atoms with Gasteiger partial charge in [-0.1, -0.05) is 44.9 Å². The van der Waals surface area contributed by atoms with E-state index in [2.05, 4.69) is 35.5 Å². The summed E-state index contributed by atoms with van der Waals surface area (Å²) in [5.41, 5.74) is 2.21. The van der Waals surface area contributed by atoms with Gasteiger partial charge in [0.1, 0.15) is 5.82 Å². The van der Waals surface area contributed by atoms with Crippen molar-refractivity contribution in [3.05, 3.63) is 42.7 Å². The summed E-state index contributed by atoms with van der Waals surface area (Å²) < 4.78 is 2.30. The molecule has 0 unspecified atom stereocenters. The Morgan fingerprint density at radius 1 is 1.32 bits per heavy atom. The van der Waals surface area contributed by atoms with Crippen LogP contribution in [0, 0.1) is 0 Å². The first kappa shape index (κ1) is 16.3. The van der Waals surface area contributed by atoms with Gasteiger partial charge in [-0.25, -0.2) is 4.98 Å². The molecular formula is C18H25N3O. The lowest BCUT2D eigenvalue weighted by Crippen LogP contribution is -2.24. The maximum absolute atomic E-state index is 11.2. The van der Waals surface area contributed by atoms with Crippen LogP contribution < -0.4 is 5.32 Å². The maximum Gasteiger partial charge on any atom is 0.243 e. The van der Waals surface area contributed by atoms with Crippen LogP contribution in [0.2, 0.25) is 0 Å². The van der Waals surface area contributed by atoms with E-state index in [-0.39, 0.29) is 5.91 Å². The Kier molecular flexibility index (Phi) is 6.19. The molecule has 1 aromatic heterocycles. The largest absolute Gasteiger partial charge is 0.352 e. The molecule has 1 N–H and O–H groups in total. The zero-order valence-corrected chi connectivity index (χ0v) is 13.3. The van der Waals surface area contributed by atoms with Crippen molar-refractivity contribution in [3.8, 4) is 0 Å². The SMILES string of the molecule is C=CC(=O)NCCc1nc2ccccc2n1CCCCCC. The molecule has 4 heteroatoms. The fourth-order valence-corrected chi connectivity index (χ4v) is 2.63. The number of rotatable bonds is 9. The van der Waals surface area contributed by atoms with Crippen LogP contribution in [0.25, 0.3) is 11.0 Å². The van der Waals surface area contributed by atoms with Crippen LogP contribution in [0.4, 0.5) is 0 Å². The number of hydrogen-bond donors (Lipinski definition) is 1. The number of hydrogen-bond acceptors (Lipinski definition) is 2. The smallest absolute Gasteiger partial charge is 0.243 e. The Balaban J connectivity index is 2.09. The summed E-state index contributed by atoms with van der Waals surface area (Å²) in [4.78, 5) is 16.0. The van der Waals surface area contributed by atoms with Crippen molar-refractivity contribution >= 4 is 16.9 Å². The van der Waals surface area contributed by atoms with Crippen LogP contribution in [0.5, 0.6) is 0 Å². The number of aromatic nitrogens is 2. The number of fused-ring (bicyclic) bond motifs is 1. The van der Waals surface area contributed by atoms with Gasteiger partial charge in [0.15, 0.2) is 0 Å². The van der Waals surface area contributed by atoms with E-state index < -0.39 is 0 Å². The molecule has 0 saturated heterocycles. The van der Waals surface area contributed by atoms with Crippen LogP contribution >= 0.6 is 0 Å². The molecule has 0 aliphatic rings. The first-order valence-electron chi connectivity index (χ1n) is 8.10. The van der Waals surface area contributed by atoms with E-state index >= 15 is 0 Å². The van der Waals surface area contributed by atoms with Crippen LogP contribution in [0.3, 0.4) is 0 Å². The fourth-order valence-electron chi connectivity index (χ4n) is 2.63. The second kappa shape index (κ2) is 8.37. The van der Waals surface area contributed by atoms with Gasteiger partial charge in [0.2, 0.25) is 5.91 Å². The molecule has 2 rings (SSSR count). The predicted molar refractivity (Wildman–Crippen MR) is 90.8 cm³/mol. The monoisotopic (exact) mass is 299 g/mol. The molecule has 118 valence electrons. The van der Waals surface area contributed by atoms with Gasteiger partial charge in [0, 0.05) is 19.5 Å². The third kappa shape index (κ3) is 4.20. The standard InChI is InChI=1S/C18H25N3O/c1-3-5-6-9-14-21-16-11-8-7-10-15(16)20-17(21)12-13-19-18(22)4-2/h4,7-8,10-11H,2-3,5-6,9,12-14H2,1H3,(H,19,22). The third-order valence-corrected chi connectivity index (χ3v) is 3.80. The van der Waals surface area contributed by atoms with E-state index in [1.807, 2.05) is 12.1 Å². The quantitative estimate of drug-likeness (QED) is 0.569. The lowest BCUT2D eigenvalue weighted by molar-refractivity contribution is -0.116. The first-order chi connectivity index (χ1) is 10.8. The number of nitrogens with one attached hydrogen (secondary N) is 1. The summed E-state index contributed by atoms with van der Waals surface area (Å²) in [6, 6.07) is 8.23. The maximum atomic E-state index is 11.2. The molecule has 0 aliphatic carbocycles. The Morgan fingerprint density at radius 2 is 2.14 bits per heavy atom. The number of unbranched alkanes of at least 4 members (excludes halogenated alkanes) is 3. The van der Waals surface area contributed by atoms with Crippen molar-refractivity contribution in [2.24, 2.45) is 0 Å². The average Bonchev–Trinajstić information content (AvgIpc) is 2.89. The van der Waals surface area contributed by atoms with Crippen molar-refractivity contribution in [2.75, 3.05) is 6.54 Å². The van der Waals surface area contributed by atoms with Crippen molar-refractivity contribution in [2.45, 2.75) is 45.6 Å². The number of carbonyl (C=O) groups is 1. The van der Waals surface area contributed by atoms with Gasteiger partial charge in [-0.05, 0) is 24.6 Å². The van der Waals surface area contributed by atoms with Crippen molar-refractivity contribution in [1.29, 1.82) is 0 Å². The molecule has 1 amide bonds. The van der Waals surface area contributed by atoms with Crippen molar-refractivity contribution in [3.63, 3.8) is 0 Å². The van der Waals surface area contributed by atoms with E-state index in [9.17, 15) is 4.79 Å². The van der Waals surface area contributed by atoms with Gasteiger partial charge in [-0.2, -0.15) is 0 Å². The number of nitrogens with zero attached hydrogens (tertiary/aromatic N) is 2. The third-order valence-electron chi connectivity index (χ3n) is 3.80. The highest BCUT2D eigenvalue weighted by Gasteiger charge is 2.10. The van der Waals surface area contributed by atoms with E-state index in [1.54, 1.807) is 0 Å². The van der Waals surface area contributed by atoms with E-state index in [1.165, 1.54) is 37.3 Å². The summed E-state index contributed by atoms with van der Waals surface area (Å²) in [7, 11) is 0. The minimum atomic E-state index is -0.134. The minimum Gasteiger partial charge on any atom is -0.352 e. The van der Waals surface area contributed by atoms with Gasteiger partial charge in [-0.3, -0.25) is 4.79 Å². The summed E-state index contributed by atoms with van der Waals surface area (Å²) in [5.74, 6) is 0.910. The summed E-state index contributed by atoms with van der Waals surface area (Å²) in [6.07, 6.45) is 6.97. The summed E-state index contributed by atoms with van der Waals surface area (Å²) in [5, 5.41) is 2.82. The van der Waals surface area contributed by atoms with Gasteiger partial charge in [0.25, 0.3) is 0 Å². The molecule has 0 saturated carbocycles. The van der Waals surface area contributed by atoms with E-state index in [4.69, 9.17) is 4.98 Å². The van der Waals surface area contributed by atoms with Crippen LogP contribution in [-0.2, 0) is 17.8 Å². The molecule has 0 radical (unpaired) electrons. The average molecular weight is 299 g/mol. The Labute approximate surface area is 132 Å². The van der Waals surface area contributed by atoms with Crippen molar-refractivity contribution in [1.82, 2.24) is 14.9 Å². The number of carbonyl (C=O) groups excluding carboxylic acids is 1. The van der Waals surface area contributed by atoms with Crippen LogP contribution in [0.1, 0.15) is 38.4 Å². The molecule has 4 nitrogen and oxygen atoms in total. The summed E-state index contributed by atoms with van der Waals surface area (Å²) in [6.45, 7) is 7.26. The summed E-state index contributed by atoms with van der Waals surface area (Å²) >= 11 is 0. The molecule has 0 bridgehead atoms. The Morgan fingerprint density at radius 3 is 2.91 bits per heavy atom. The Hall–Kier alpha value is -2.10. The highest BCUT2D eigenvalue weighted by Crippen LogP contribution is 2.17. The molecule has 0 atom stereocenters. The molecular weight excluding hydrogens is 274 g/mol. The second-order valence-electron chi connectivity index (χ2n) is 5.47. The van der Waals surface area contributed by atoms with Gasteiger partial charge in [-0.15, -0.1) is 0 Å². The molecule has 2 aromatic rings. The number of amides is 1. The molecule has 0 spiro atoms. The fraction of sp³-hybridized carbons (Fsp3) is 0.444. The molecule has 1 aromatic carbocycles. The van der Waals surface area contributed by atoms with Gasteiger partial charge < -0.3 is 9.88 Å². The highest BCUT2D eigenvalue weighted by molar-refractivity contribution is 5.86. The van der Waals surface area contributed by atoms with Gasteiger partial charge in [0.05, 0.1) is 11.0 Å². The number of benzene rings is 1. The number of imidazole rings is 1. The molecule has 1 heterocycles. The van der Waals surface area contributed by atoms with Crippen LogP contribution in [-0.4, -0.2) is 22.0 Å². The zero-order valence-electron chi connectivity index (χ0n) is 13.3. The molecule has 22 heavy (non-hydrogen) atoms. The minimum absolute atomic E-state index is 0.134. The second-order valence-corrected chi connectivity index (χ2v) is 5.47. The lowest BCUT2D eigenvalue weighted by Gasteiger charge is -2.09. The predicted octanol–water partition coefficient (Wildman–Crippen LogP) is 3.46. The van der Waals surface area contributed by atoms with Gasteiger partial charge >= 0.3 is 0 Å². The van der Waals surface area contributed by atoms with Crippen molar-refractivity contribution < 1.29 is 4.79 Å².